The molecular formula is C13H7BrF2INO. The number of carbonyl (C=O) groups excluding carboxylic acids is 1. The summed E-state index contributed by atoms with van der Waals surface area (Å²) in [5.41, 5.74) is -0.117. The van der Waals surface area contributed by atoms with Gasteiger partial charge in [-0.2, -0.15) is 0 Å². The van der Waals surface area contributed by atoms with E-state index in [9.17, 15) is 13.6 Å². The van der Waals surface area contributed by atoms with Crippen LogP contribution in [-0.4, -0.2) is 5.91 Å². The van der Waals surface area contributed by atoms with Gasteiger partial charge in [-0.25, -0.2) is 8.78 Å². The Morgan fingerprint density at radius 2 is 1.63 bits per heavy atom. The Labute approximate surface area is 130 Å². The van der Waals surface area contributed by atoms with Gasteiger partial charge in [-0.15, -0.1) is 0 Å². The molecule has 0 bridgehead atoms. The lowest BCUT2D eigenvalue weighted by molar-refractivity contribution is 0.102. The number of benzene rings is 2. The predicted molar refractivity (Wildman–Crippen MR) is 81.2 cm³/mol. The Kier molecular flexibility index (Phi) is 4.51. The van der Waals surface area contributed by atoms with Crippen LogP contribution >= 0.6 is 38.5 Å². The first-order chi connectivity index (χ1) is 8.97. The highest BCUT2D eigenvalue weighted by Gasteiger charge is 2.14. The molecule has 0 unspecified atom stereocenters. The van der Waals surface area contributed by atoms with Gasteiger partial charge >= 0.3 is 0 Å². The molecular weight excluding hydrogens is 431 g/mol. The topological polar surface area (TPSA) is 29.1 Å². The van der Waals surface area contributed by atoms with Crippen LogP contribution in [-0.2, 0) is 0 Å². The zero-order chi connectivity index (χ0) is 14.0. The van der Waals surface area contributed by atoms with Gasteiger partial charge in [0.1, 0.15) is 5.69 Å². The molecule has 6 heteroatoms. The van der Waals surface area contributed by atoms with Crippen LogP contribution in [0.1, 0.15) is 10.4 Å². The van der Waals surface area contributed by atoms with E-state index in [1.54, 1.807) is 24.3 Å². The minimum absolute atomic E-state index is 0.273. The van der Waals surface area contributed by atoms with Gasteiger partial charge in [-0.05, 0) is 59.0 Å². The molecule has 98 valence electrons. The fraction of sp³-hybridized carbons (Fsp3) is 0. The van der Waals surface area contributed by atoms with E-state index in [4.69, 9.17) is 0 Å². The van der Waals surface area contributed by atoms with Crippen LogP contribution < -0.4 is 5.32 Å². The molecule has 2 nitrogen and oxygen atoms in total. The second kappa shape index (κ2) is 5.96. The minimum atomic E-state index is -0.828. The third kappa shape index (κ3) is 3.50. The van der Waals surface area contributed by atoms with E-state index in [2.05, 4.69) is 43.8 Å². The Balaban J connectivity index is 2.26. The quantitative estimate of drug-likeness (QED) is 0.684. The number of hydrogen-bond acceptors (Lipinski definition) is 1. The first kappa shape index (κ1) is 14.4. The van der Waals surface area contributed by atoms with Crippen LogP contribution in [0.4, 0.5) is 14.5 Å². The maximum absolute atomic E-state index is 13.6. The van der Waals surface area contributed by atoms with Gasteiger partial charge in [0.25, 0.3) is 5.91 Å². The van der Waals surface area contributed by atoms with Gasteiger partial charge in [0.15, 0.2) is 11.6 Å². The van der Waals surface area contributed by atoms with E-state index in [1.807, 2.05) is 0 Å². The van der Waals surface area contributed by atoms with Crippen LogP contribution in [0.2, 0.25) is 0 Å². The minimum Gasteiger partial charge on any atom is -0.317 e. The van der Waals surface area contributed by atoms with Crippen molar-refractivity contribution in [1.82, 2.24) is 0 Å². The van der Waals surface area contributed by atoms with E-state index in [0.29, 0.717) is 5.56 Å². The average Bonchev–Trinajstić information content (AvgIpc) is 2.34. The van der Waals surface area contributed by atoms with Crippen LogP contribution in [0, 0.1) is 15.2 Å². The molecule has 0 aromatic heterocycles. The zero-order valence-corrected chi connectivity index (χ0v) is 13.1. The van der Waals surface area contributed by atoms with Crippen LogP contribution in [0.3, 0.4) is 0 Å². The molecule has 0 aliphatic heterocycles. The lowest BCUT2D eigenvalue weighted by Gasteiger charge is -2.08. The average molecular weight is 438 g/mol. The van der Waals surface area contributed by atoms with Crippen LogP contribution in [0.25, 0.3) is 0 Å². The van der Waals surface area contributed by atoms with Crippen molar-refractivity contribution >= 4 is 50.1 Å². The summed E-state index contributed by atoms with van der Waals surface area (Å²) in [7, 11) is 0. The largest absolute Gasteiger partial charge is 0.317 e. The van der Waals surface area contributed by atoms with Gasteiger partial charge in [-0.3, -0.25) is 4.79 Å². The van der Waals surface area contributed by atoms with Crippen LogP contribution in [0.15, 0.2) is 40.9 Å². The molecule has 0 saturated heterocycles. The summed E-state index contributed by atoms with van der Waals surface area (Å²) >= 11 is 5.07. The maximum Gasteiger partial charge on any atom is 0.255 e. The van der Waals surface area contributed by atoms with Gasteiger partial charge in [-0.1, -0.05) is 15.9 Å². The molecule has 1 amide bonds. The molecule has 19 heavy (non-hydrogen) atoms. The Bertz CT molecular complexity index is 608. The summed E-state index contributed by atoms with van der Waals surface area (Å²) < 4.78 is 28.4. The molecule has 0 spiro atoms. The van der Waals surface area contributed by atoms with E-state index in [0.717, 1.165) is 15.7 Å². The summed E-state index contributed by atoms with van der Waals surface area (Å²) in [6.07, 6.45) is 0. The first-order valence-corrected chi connectivity index (χ1v) is 7.06. The molecule has 2 aromatic carbocycles. The Morgan fingerprint density at radius 1 is 1.11 bits per heavy atom. The third-order valence-electron chi connectivity index (χ3n) is 2.35. The number of nitrogens with one attached hydrogen (secondary N) is 1. The third-order valence-corrected chi connectivity index (χ3v) is 3.53. The number of halogens is 4. The standard InChI is InChI=1S/C13H7BrF2INO/c14-8-5-10(15)12(11(16)6-8)18-13(19)7-1-3-9(17)4-2-7/h1-6H,(H,18,19). The van der Waals surface area contributed by atoms with Crippen molar-refractivity contribution in [3.05, 3.63) is 61.6 Å². The summed E-state index contributed by atoms with van der Waals surface area (Å²) in [6, 6.07) is 8.84. The highest BCUT2D eigenvalue weighted by molar-refractivity contribution is 14.1. The number of anilines is 1. The van der Waals surface area contributed by atoms with Crippen LogP contribution in [0.5, 0.6) is 0 Å². The smallest absolute Gasteiger partial charge is 0.255 e. The van der Waals surface area contributed by atoms with Gasteiger partial charge in [0.2, 0.25) is 0 Å². The van der Waals surface area contributed by atoms with Gasteiger partial charge in [0.05, 0.1) is 0 Å². The molecule has 1 N–H and O–H groups in total. The van der Waals surface area contributed by atoms with Crippen molar-refractivity contribution in [2.45, 2.75) is 0 Å². The van der Waals surface area contributed by atoms with Gasteiger partial charge in [0, 0.05) is 13.6 Å². The fourth-order valence-electron chi connectivity index (χ4n) is 1.45. The highest BCUT2D eigenvalue weighted by atomic mass is 127. The van der Waals surface area contributed by atoms with Crippen molar-refractivity contribution in [2.75, 3.05) is 5.32 Å². The SMILES string of the molecule is O=C(Nc1c(F)cc(Br)cc1F)c1ccc(I)cc1. The predicted octanol–water partition coefficient (Wildman–Crippen LogP) is 4.58. The fourth-order valence-corrected chi connectivity index (χ4v) is 2.21. The monoisotopic (exact) mass is 437 g/mol. The lowest BCUT2D eigenvalue weighted by atomic mass is 10.2. The number of carbonyl (C=O) groups is 1. The van der Waals surface area contributed by atoms with Gasteiger partial charge < -0.3 is 5.32 Å². The van der Waals surface area contributed by atoms with E-state index < -0.39 is 23.2 Å². The molecule has 0 heterocycles. The lowest BCUT2D eigenvalue weighted by Crippen LogP contribution is -2.14. The second-order valence-corrected chi connectivity index (χ2v) is 5.87. The first-order valence-electron chi connectivity index (χ1n) is 5.19. The van der Waals surface area contributed by atoms with E-state index in [1.165, 1.54) is 0 Å². The van der Waals surface area contributed by atoms with Crippen molar-refractivity contribution < 1.29 is 13.6 Å². The molecule has 0 saturated carbocycles. The van der Waals surface area contributed by atoms with Crippen molar-refractivity contribution in [3.63, 3.8) is 0 Å². The van der Waals surface area contributed by atoms with E-state index >= 15 is 0 Å². The normalized spacial score (nSPS) is 10.3. The summed E-state index contributed by atoms with van der Waals surface area (Å²) in [6.45, 7) is 0. The second-order valence-electron chi connectivity index (χ2n) is 3.71. The zero-order valence-electron chi connectivity index (χ0n) is 9.38. The molecule has 2 aromatic rings. The molecule has 0 fully saturated rings. The Hall–Kier alpha value is -1.02. The van der Waals surface area contributed by atoms with Crippen molar-refractivity contribution in [3.8, 4) is 0 Å². The molecule has 0 radical (unpaired) electrons. The Morgan fingerprint density at radius 3 is 2.16 bits per heavy atom. The number of rotatable bonds is 2. The van der Waals surface area contributed by atoms with Crippen molar-refractivity contribution in [1.29, 1.82) is 0 Å². The number of hydrogen-bond donors (Lipinski definition) is 1. The summed E-state index contributed by atoms with van der Waals surface area (Å²) in [5.74, 6) is -2.21. The summed E-state index contributed by atoms with van der Waals surface area (Å²) in [4.78, 5) is 11.9. The molecule has 0 aliphatic rings. The van der Waals surface area contributed by atoms with E-state index in [-0.39, 0.29) is 4.47 Å². The molecule has 0 aliphatic carbocycles. The molecule has 0 atom stereocenters. The molecule has 2 rings (SSSR count). The van der Waals surface area contributed by atoms with Crippen molar-refractivity contribution in [2.24, 2.45) is 0 Å². The maximum atomic E-state index is 13.6. The highest BCUT2D eigenvalue weighted by Crippen LogP contribution is 2.24. The number of amides is 1. The summed E-state index contributed by atoms with van der Waals surface area (Å²) in [5, 5.41) is 2.23.